The van der Waals surface area contributed by atoms with Crippen LogP contribution >= 0.6 is 0 Å². The fraction of sp³-hybridized carbons (Fsp3) is 0.551. The number of rotatable bonds is 5. The van der Waals surface area contributed by atoms with E-state index in [1.165, 1.54) is 92.9 Å². The molecule has 4 fully saturated rings. The summed E-state index contributed by atoms with van der Waals surface area (Å²) in [6.45, 7) is 9.98. The van der Waals surface area contributed by atoms with E-state index in [9.17, 15) is 5.21 Å². The number of hydrogen-bond acceptors (Lipinski definition) is 6. The SMILES string of the molecule is CONC1C=C2CC[C@H]3C4=CC=C(c5cccnc5)[C@@]4(C)CC[C@@H]3[C@@]2(C)CC1.C[C@]12CC[C@H]3[C@@H](CCC4=CC(NO)CC[C@@]43C)C1=CC=C2c1cccnc1. The molecule has 4 saturated carbocycles. The Hall–Kier alpha value is -3.42. The molecule has 2 aromatic rings. The third-order valence-electron chi connectivity index (χ3n) is 16.7. The van der Waals surface area contributed by atoms with E-state index in [0.29, 0.717) is 22.8 Å². The van der Waals surface area contributed by atoms with E-state index in [1.807, 2.05) is 24.8 Å². The van der Waals surface area contributed by atoms with Crippen molar-refractivity contribution < 1.29 is 10.0 Å². The number of allylic oxidation sites excluding steroid dienone is 10. The second-order valence-electron chi connectivity index (χ2n) is 19.1. The van der Waals surface area contributed by atoms with Crippen molar-refractivity contribution >= 4 is 11.1 Å². The van der Waals surface area contributed by atoms with E-state index >= 15 is 0 Å². The molecule has 10 atom stereocenters. The molecule has 2 unspecified atom stereocenters. The molecule has 0 spiro atoms. The van der Waals surface area contributed by atoms with Gasteiger partial charge in [0.15, 0.2) is 0 Å². The summed E-state index contributed by atoms with van der Waals surface area (Å²) in [6.07, 6.45) is 37.0. The molecule has 290 valence electrons. The zero-order valence-electron chi connectivity index (χ0n) is 33.8. The lowest BCUT2D eigenvalue weighted by Crippen LogP contribution is -2.48. The Morgan fingerprint density at radius 1 is 0.636 bits per heavy atom. The van der Waals surface area contributed by atoms with E-state index in [4.69, 9.17) is 4.84 Å². The van der Waals surface area contributed by atoms with Crippen LogP contribution in [0.15, 0.2) is 108 Å². The molecule has 8 aliphatic rings. The smallest absolute Gasteiger partial charge is 0.0572 e. The zero-order valence-corrected chi connectivity index (χ0v) is 33.8. The van der Waals surface area contributed by atoms with E-state index < -0.39 is 0 Å². The highest BCUT2D eigenvalue weighted by atomic mass is 16.6. The lowest BCUT2D eigenvalue weighted by molar-refractivity contribution is 0.0353. The molecule has 0 saturated heterocycles. The van der Waals surface area contributed by atoms with Gasteiger partial charge in [-0.05, 0) is 146 Å². The minimum Gasteiger partial charge on any atom is -0.316 e. The number of nitrogens with one attached hydrogen (secondary N) is 2. The average molecular weight is 739 g/mol. The molecule has 0 bridgehead atoms. The highest BCUT2D eigenvalue weighted by Crippen LogP contribution is 2.67. The first-order valence-corrected chi connectivity index (χ1v) is 21.4. The van der Waals surface area contributed by atoms with Gasteiger partial charge in [-0.2, -0.15) is 11.0 Å². The molecule has 10 rings (SSSR count). The van der Waals surface area contributed by atoms with Gasteiger partial charge in [0, 0.05) is 35.6 Å². The minimum absolute atomic E-state index is 0.142. The lowest BCUT2D eigenvalue weighted by Gasteiger charge is -2.56. The van der Waals surface area contributed by atoms with Crippen LogP contribution in [-0.2, 0) is 4.84 Å². The van der Waals surface area contributed by atoms with E-state index in [0.717, 1.165) is 24.2 Å². The summed E-state index contributed by atoms with van der Waals surface area (Å²) in [6, 6.07) is 9.06. The van der Waals surface area contributed by atoms with Gasteiger partial charge in [-0.3, -0.25) is 9.97 Å². The molecule has 0 aromatic carbocycles. The number of fused-ring (bicyclic) bond motifs is 10. The molecular weight excluding hydrogens is 677 g/mol. The van der Waals surface area contributed by atoms with Gasteiger partial charge in [0.2, 0.25) is 0 Å². The van der Waals surface area contributed by atoms with E-state index in [1.54, 1.807) is 29.4 Å². The van der Waals surface area contributed by atoms with E-state index in [2.05, 4.69) is 109 Å². The number of nitrogens with zero attached hydrogens (tertiary/aromatic N) is 2. The summed E-state index contributed by atoms with van der Waals surface area (Å²) < 4.78 is 0. The van der Waals surface area contributed by atoms with Crippen LogP contribution in [-0.4, -0.2) is 34.4 Å². The molecule has 2 heterocycles. The summed E-state index contributed by atoms with van der Waals surface area (Å²) in [4.78, 5) is 13.9. The molecule has 6 heteroatoms. The number of hydroxylamine groups is 2. The third-order valence-corrected chi connectivity index (χ3v) is 16.7. The van der Waals surface area contributed by atoms with Crippen LogP contribution in [0.2, 0.25) is 0 Å². The van der Waals surface area contributed by atoms with Gasteiger partial charge in [0.05, 0.1) is 19.2 Å². The maximum atomic E-state index is 9.38. The summed E-state index contributed by atoms with van der Waals surface area (Å²) in [5.41, 5.74) is 18.8. The van der Waals surface area contributed by atoms with Gasteiger partial charge in [-0.1, -0.05) is 98.6 Å². The highest BCUT2D eigenvalue weighted by Gasteiger charge is 2.56. The van der Waals surface area contributed by atoms with Gasteiger partial charge < -0.3 is 10.0 Å². The van der Waals surface area contributed by atoms with Crippen LogP contribution in [0.3, 0.4) is 0 Å². The fourth-order valence-electron chi connectivity index (χ4n) is 13.7. The number of aromatic nitrogens is 2. The van der Waals surface area contributed by atoms with E-state index in [-0.39, 0.29) is 16.9 Å². The van der Waals surface area contributed by atoms with Crippen LogP contribution in [0.1, 0.15) is 116 Å². The second-order valence-corrected chi connectivity index (χ2v) is 19.1. The fourth-order valence-corrected chi connectivity index (χ4v) is 13.7. The van der Waals surface area contributed by atoms with Crippen molar-refractivity contribution in [1.29, 1.82) is 0 Å². The van der Waals surface area contributed by atoms with Crippen LogP contribution in [0.5, 0.6) is 0 Å². The largest absolute Gasteiger partial charge is 0.316 e. The van der Waals surface area contributed by atoms with Crippen molar-refractivity contribution in [3.63, 3.8) is 0 Å². The summed E-state index contributed by atoms with van der Waals surface area (Å²) in [7, 11) is 1.73. The predicted molar refractivity (Wildman–Crippen MR) is 221 cm³/mol. The van der Waals surface area contributed by atoms with Gasteiger partial charge in [0.25, 0.3) is 0 Å². The average Bonchev–Trinajstić information content (AvgIpc) is 3.75. The Labute approximate surface area is 329 Å². The predicted octanol–water partition coefficient (Wildman–Crippen LogP) is 10.8. The van der Waals surface area contributed by atoms with Crippen LogP contribution in [0, 0.1) is 45.3 Å². The Balaban J connectivity index is 0.000000144. The normalized spacial score (nSPS) is 39.7. The maximum absolute atomic E-state index is 9.38. The van der Waals surface area contributed by atoms with Crippen molar-refractivity contribution in [1.82, 2.24) is 20.9 Å². The van der Waals surface area contributed by atoms with Crippen LogP contribution < -0.4 is 11.0 Å². The summed E-state index contributed by atoms with van der Waals surface area (Å²) in [5, 5.41) is 9.38. The van der Waals surface area contributed by atoms with Gasteiger partial charge in [-0.15, -0.1) is 0 Å². The van der Waals surface area contributed by atoms with Crippen molar-refractivity contribution in [2.45, 2.75) is 117 Å². The third kappa shape index (κ3) is 5.96. The Kier molecular flexibility index (Phi) is 9.60. The zero-order chi connectivity index (χ0) is 38.0. The molecular formula is C49H62N4O2. The molecule has 8 aliphatic carbocycles. The minimum atomic E-state index is 0.142. The first-order valence-electron chi connectivity index (χ1n) is 21.4. The van der Waals surface area contributed by atoms with Crippen LogP contribution in [0.4, 0.5) is 0 Å². The Morgan fingerprint density at radius 2 is 1.13 bits per heavy atom. The number of hydrogen-bond donors (Lipinski definition) is 3. The van der Waals surface area contributed by atoms with Crippen LogP contribution in [0.25, 0.3) is 11.1 Å². The van der Waals surface area contributed by atoms with Crippen molar-refractivity contribution in [2.24, 2.45) is 45.3 Å². The standard InChI is InChI=1S/C25H32N2O.C24H30N2O/c1-24-12-10-19(27-28-3)15-18(24)6-7-20-22-9-8-21(17-5-4-14-26-16-17)25(22,2)13-11-23(20)24;1-23-11-9-18(26-27)14-17(23)5-6-19-21-8-7-20(16-4-3-13-25-15-16)24(21,2)12-10-22(19)23/h4-5,8-9,14-16,19-20,23,27H,6-7,10-13H2,1-3H3;3-4,7-8,13-15,18-19,22,26-27H,5-6,9-12H2,1-2H3/t19?,20-,23-,24-,25+;18?,19-,22-,23-,24+/m00/s1. The van der Waals surface area contributed by atoms with Crippen molar-refractivity contribution in [3.05, 3.63) is 119 Å². The number of pyridine rings is 2. The molecule has 0 aliphatic heterocycles. The molecule has 0 amide bonds. The first kappa shape index (κ1) is 37.2. The summed E-state index contributed by atoms with van der Waals surface area (Å²) >= 11 is 0. The molecule has 6 nitrogen and oxygen atoms in total. The molecule has 0 radical (unpaired) electrons. The second kappa shape index (κ2) is 14.2. The van der Waals surface area contributed by atoms with Gasteiger partial charge >= 0.3 is 0 Å². The monoisotopic (exact) mass is 738 g/mol. The Morgan fingerprint density at radius 3 is 1.58 bits per heavy atom. The Bertz CT molecular complexity index is 1980. The van der Waals surface area contributed by atoms with Crippen molar-refractivity contribution in [3.8, 4) is 0 Å². The quantitative estimate of drug-likeness (QED) is 0.209. The lowest BCUT2D eigenvalue weighted by atomic mass is 9.48. The van der Waals surface area contributed by atoms with Gasteiger partial charge in [0.1, 0.15) is 0 Å². The molecule has 2 aromatic heterocycles. The topological polar surface area (TPSA) is 79.3 Å². The molecule has 3 N–H and O–H groups in total. The highest BCUT2D eigenvalue weighted by molar-refractivity contribution is 5.79. The van der Waals surface area contributed by atoms with Gasteiger partial charge in [-0.25, -0.2) is 0 Å². The maximum Gasteiger partial charge on any atom is 0.0572 e. The molecule has 55 heavy (non-hydrogen) atoms. The summed E-state index contributed by atoms with van der Waals surface area (Å²) in [5.74, 6) is 2.92. The van der Waals surface area contributed by atoms with Crippen molar-refractivity contribution in [2.75, 3.05) is 7.11 Å². The first-order chi connectivity index (χ1) is 26.6.